The van der Waals surface area contributed by atoms with Crippen LogP contribution >= 0.6 is 23.2 Å². The van der Waals surface area contributed by atoms with Gasteiger partial charge in [-0.2, -0.15) is 0 Å². The number of benzene rings is 2. The molecule has 5 nitrogen and oxygen atoms in total. The van der Waals surface area contributed by atoms with Gasteiger partial charge in [-0.3, -0.25) is 14.5 Å². The van der Waals surface area contributed by atoms with Gasteiger partial charge in [0.05, 0.1) is 28.3 Å². The molecular formula is C19H17Cl2NO4. The Morgan fingerprint density at radius 3 is 2.19 bits per heavy atom. The Kier molecular flexibility index (Phi) is 5.12. The van der Waals surface area contributed by atoms with E-state index >= 15 is 0 Å². The van der Waals surface area contributed by atoms with Gasteiger partial charge >= 0.3 is 0 Å². The maximum Gasteiger partial charge on any atom is 0.261 e. The van der Waals surface area contributed by atoms with E-state index in [2.05, 4.69) is 0 Å². The number of imide groups is 1. The second-order valence-corrected chi connectivity index (χ2v) is 7.00. The van der Waals surface area contributed by atoms with Gasteiger partial charge in [-0.25, -0.2) is 0 Å². The minimum atomic E-state index is -0.362. The normalized spacial score (nSPS) is 14.5. The molecule has 0 radical (unpaired) electrons. The van der Waals surface area contributed by atoms with Gasteiger partial charge in [0.25, 0.3) is 11.8 Å². The number of methoxy groups -OCH3 is 1. The summed E-state index contributed by atoms with van der Waals surface area (Å²) in [4.78, 5) is 26.5. The Balaban J connectivity index is 1.75. The first-order valence-corrected chi connectivity index (χ1v) is 8.82. The van der Waals surface area contributed by atoms with Crippen LogP contribution in [0.15, 0.2) is 30.3 Å². The number of aromatic hydroxyl groups is 1. The number of hydrogen-bond acceptors (Lipinski definition) is 4. The molecule has 1 aliphatic rings. The SMILES string of the molecule is COc1cc(CC[C@@H](C)N2C(=O)c3cc(Cl)c(Cl)cc3C2=O)ccc1O. The number of aryl methyl sites for hydroxylation is 1. The maximum atomic E-state index is 12.6. The number of phenolic OH excluding ortho intramolecular Hbond substituents is 1. The molecule has 2 aromatic carbocycles. The second-order valence-electron chi connectivity index (χ2n) is 6.19. The van der Waals surface area contributed by atoms with E-state index in [-0.39, 0.29) is 44.8 Å². The summed E-state index contributed by atoms with van der Waals surface area (Å²) in [5.74, 6) is -0.266. The zero-order chi connectivity index (χ0) is 19.0. The summed E-state index contributed by atoms with van der Waals surface area (Å²) in [7, 11) is 1.48. The van der Waals surface area contributed by atoms with E-state index in [9.17, 15) is 14.7 Å². The van der Waals surface area contributed by atoms with Crippen molar-refractivity contribution in [1.82, 2.24) is 4.90 Å². The Morgan fingerprint density at radius 2 is 1.65 bits per heavy atom. The van der Waals surface area contributed by atoms with E-state index in [0.29, 0.717) is 18.6 Å². The number of amides is 2. The Bertz CT molecular complexity index is 856. The van der Waals surface area contributed by atoms with Crippen molar-refractivity contribution in [2.24, 2.45) is 0 Å². The van der Waals surface area contributed by atoms with Crippen LogP contribution in [0.2, 0.25) is 10.0 Å². The fraction of sp³-hybridized carbons (Fsp3) is 0.263. The van der Waals surface area contributed by atoms with Crippen molar-refractivity contribution < 1.29 is 19.4 Å². The number of halogens is 2. The molecule has 0 fully saturated rings. The van der Waals surface area contributed by atoms with E-state index in [0.717, 1.165) is 5.56 Å². The fourth-order valence-electron chi connectivity index (χ4n) is 3.04. The Hall–Kier alpha value is -2.24. The third-order valence-electron chi connectivity index (χ3n) is 4.49. The average Bonchev–Trinajstić information content (AvgIpc) is 2.85. The maximum absolute atomic E-state index is 12.6. The van der Waals surface area contributed by atoms with E-state index in [4.69, 9.17) is 27.9 Å². The Morgan fingerprint density at radius 1 is 1.08 bits per heavy atom. The molecule has 2 amide bonds. The third-order valence-corrected chi connectivity index (χ3v) is 5.22. The first kappa shape index (κ1) is 18.5. The zero-order valence-corrected chi connectivity index (χ0v) is 15.8. The molecule has 1 aliphatic heterocycles. The molecule has 0 bridgehead atoms. The van der Waals surface area contributed by atoms with Gasteiger partial charge < -0.3 is 9.84 Å². The number of fused-ring (bicyclic) bond motifs is 1. The van der Waals surface area contributed by atoms with Crippen molar-refractivity contribution in [1.29, 1.82) is 0 Å². The van der Waals surface area contributed by atoms with Crippen LogP contribution in [-0.4, -0.2) is 35.0 Å². The van der Waals surface area contributed by atoms with Crippen molar-refractivity contribution >= 4 is 35.0 Å². The predicted octanol–water partition coefficient (Wildman–Crippen LogP) is 4.32. The lowest BCUT2D eigenvalue weighted by Gasteiger charge is -2.22. The zero-order valence-electron chi connectivity index (χ0n) is 14.3. The van der Waals surface area contributed by atoms with Crippen molar-refractivity contribution in [2.75, 3.05) is 7.11 Å². The molecule has 0 saturated carbocycles. The molecule has 0 spiro atoms. The minimum absolute atomic E-state index is 0.0680. The molecule has 26 heavy (non-hydrogen) atoms. The number of carbonyl (C=O) groups excluding carboxylic acids is 2. The summed E-state index contributed by atoms with van der Waals surface area (Å²) in [5, 5.41) is 10.2. The van der Waals surface area contributed by atoms with Gasteiger partial charge in [0.1, 0.15) is 0 Å². The molecule has 0 aromatic heterocycles. The van der Waals surface area contributed by atoms with Crippen molar-refractivity contribution in [3.63, 3.8) is 0 Å². The molecule has 0 saturated heterocycles. The molecule has 7 heteroatoms. The lowest BCUT2D eigenvalue weighted by molar-refractivity contribution is 0.0590. The fourth-order valence-corrected chi connectivity index (χ4v) is 3.36. The molecule has 2 aromatic rings. The van der Waals surface area contributed by atoms with Gasteiger partial charge in [-0.1, -0.05) is 29.3 Å². The summed E-state index contributed by atoms with van der Waals surface area (Å²) in [5.41, 5.74) is 1.50. The number of rotatable bonds is 5. The molecule has 1 heterocycles. The van der Waals surface area contributed by atoms with Crippen LogP contribution in [0.3, 0.4) is 0 Å². The third kappa shape index (κ3) is 3.24. The average molecular weight is 394 g/mol. The lowest BCUT2D eigenvalue weighted by Crippen LogP contribution is -2.38. The van der Waals surface area contributed by atoms with E-state index in [1.165, 1.54) is 24.1 Å². The monoisotopic (exact) mass is 393 g/mol. The molecule has 0 aliphatic carbocycles. The minimum Gasteiger partial charge on any atom is -0.504 e. The van der Waals surface area contributed by atoms with Gasteiger partial charge in [0.15, 0.2) is 11.5 Å². The molecule has 3 rings (SSSR count). The summed E-state index contributed by atoms with van der Waals surface area (Å²) in [6.45, 7) is 1.82. The van der Waals surface area contributed by atoms with E-state index in [1.807, 2.05) is 6.92 Å². The van der Waals surface area contributed by atoms with Gasteiger partial charge in [0, 0.05) is 6.04 Å². The van der Waals surface area contributed by atoms with Crippen LogP contribution in [-0.2, 0) is 6.42 Å². The van der Waals surface area contributed by atoms with E-state index < -0.39 is 0 Å². The largest absolute Gasteiger partial charge is 0.504 e. The number of nitrogens with zero attached hydrogens (tertiary/aromatic N) is 1. The van der Waals surface area contributed by atoms with E-state index in [1.54, 1.807) is 18.2 Å². The molecule has 136 valence electrons. The van der Waals surface area contributed by atoms with Gasteiger partial charge in [-0.15, -0.1) is 0 Å². The second kappa shape index (κ2) is 7.17. The summed E-state index contributed by atoms with van der Waals surface area (Å²) in [6.07, 6.45) is 1.19. The van der Waals surface area contributed by atoms with Crippen molar-refractivity contribution in [3.8, 4) is 11.5 Å². The first-order chi connectivity index (χ1) is 12.3. The van der Waals surface area contributed by atoms with Gasteiger partial charge in [0.2, 0.25) is 0 Å². The smallest absolute Gasteiger partial charge is 0.261 e. The summed E-state index contributed by atoms with van der Waals surface area (Å²) < 4.78 is 5.10. The lowest BCUT2D eigenvalue weighted by atomic mass is 10.0. The molecule has 1 atom stereocenters. The standard InChI is InChI=1S/C19H17Cl2NO4/c1-10(3-4-11-5-6-16(23)17(7-11)26-2)22-18(24)12-8-14(20)15(21)9-13(12)19(22)25/h5-10,23H,3-4H2,1-2H3/t10-/m1/s1. The van der Waals surface area contributed by atoms with Crippen molar-refractivity contribution in [2.45, 2.75) is 25.8 Å². The van der Waals surface area contributed by atoms with Gasteiger partial charge in [-0.05, 0) is 49.6 Å². The molecule has 1 N–H and O–H groups in total. The highest BCUT2D eigenvalue weighted by Crippen LogP contribution is 2.33. The number of ether oxygens (including phenoxy) is 1. The van der Waals surface area contributed by atoms with Crippen LogP contribution in [0.4, 0.5) is 0 Å². The highest BCUT2D eigenvalue weighted by Gasteiger charge is 2.38. The highest BCUT2D eigenvalue weighted by atomic mass is 35.5. The Labute approximate surface area is 161 Å². The van der Waals surface area contributed by atoms with Crippen molar-refractivity contribution in [3.05, 3.63) is 57.1 Å². The predicted molar refractivity (Wildman–Crippen MR) is 99.4 cm³/mol. The number of carbonyl (C=O) groups is 2. The van der Waals surface area contributed by atoms with Crippen LogP contribution < -0.4 is 4.74 Å². The topological polar surface area (TPSA) is 66.8 Å². The number of phenols is 1. The van der Waals surface area contributed by atoms with Crippen LogP contribution in [0.25, 0.3) is 0 Å². The van der Waals surface area contributed by atoms with Crippen LogP contribution in [0.5, 0.6) is 11.5 Å². The molecular weight excluding hydrogens is 377 g/mol. The summed E-state index contributed by atoms with van der Waals surface area (Å²) >= 11 is 11.9. The highest BCUT2D eigenvalue weighted by molar-refractivity contribution is 6.43. The van der Waals surface area contributed by atoms with Crippen LogP contribution in [0, 0.1) is 0 Å². The number of hydrogen-bond donors (Lipinski definition) is 1. The first-order valence-electron chi connectivity index (χ1n) is 8.06. The summed E-state index contributed by atoms with van der Waals surface area (Å²) in [6, 6.07) is 7.66. The van der Waals surface area contributed by atoms with Crippen LogP contribution in [0.1, 0.15) is 39.6 Å². The quantitative estimate of drug-likeness (QED) is 0.767. The molecule has 0 unspecified atom stereocenters.